The van der Waals surface area contributed by atoms with Crippen LogP contribution in [0.3, 0.4) is 0 Å². The number of aryl methyl sites for hydroxylation is 1. The molecule has 3 aromatic rings. The minimum atomic E-state index is -0.302. The van der Waals surface area contributed by atoms with Gasteiger partial charge in [-0.05, 0) is 79.6 Å². The van der Waals surface area contributed by atoms with E-state index in [0.29, 0.717) is 17.9 Å². The van der Waals surface area contributed by atoms with Crippen LogP contribution in [0.2, 0.25) is 0 Å². The van der Waals surface area contributed by atoms with Crippen LogP contribution in [-0.2, 0) is 20.7 Å². The van der Waals surface area contributed by atoms with Gasteiger partial charge in [-0.25, -0.2) is 4.79 Å². The summed E-state index contributed by atoms with van der Waals surface area (Å²) in [5.41, 5.74) is 14.8. The predicted molar refractivity (Wildman–Crippen MR) is 127 cm³/mol. The highest BCUT2D eigenvalue weighted by atomic mass is 32.2. The third-order valence-corrected chi connectivity index (χ3v) is 6.43. The van der Waals surface area contributed by atoms with Crippen molar-refractivity contribution in [2.45, 2.75) is 39.9 Å². The molecule has 166 valence electrons. The van der Waals surface area contributed by atoms with E-state index in [-0.39, 0.29) is 12.1 Å². The largest absolute Gasteiger partial charge is 0.462 e. The van der Waals surface area contributed by atoms with Gasteiger partial charge in [0.05, 0.1) is 12.2 Å². The summed E-state index contributed by atoms with van der Waals surface area (Å²) in [7, 11) is 0. The van der Waals surface area contributed by atoms with Crippen LogP contribution in [-0.4, -0.2) is 18.7 Å². The zero-order valence-corrected chi connectivity index (χ0v) is 19.4. The Bertz CT molecular complexity index is 1080. The highest BCUT2D eigenvalue weighted by Crippen LogP contribution is 2.39. The molecule has 0 aromatic heterocycles. The Balaban J connectivity index is 0.00000114. The third kappa shape index (κ3) is 7.20. The molecule has 0 spiro atoms. The van der Waals surface area contributed by atoms with Crippen molar-refractivity contribution in [2.75, 3.05) is 18.1 Å². The first kappa shape index (κ1) is 25.1. The highest BCUT2D eigenvalue weighted by Gasteiger charge is 2.18. The molecule has 0 radical (unpaired) electrons. The molecular formula is C24H24N2O4S2. The van der Waals surface area contributed by atoms with Gasteiger partial charge in [-0.3, -0.25) is 0 Å². The monoisotopic (exact) mass is 468 g/mol. The lowest BCUT2D eigenvalue weighted by Gasteiger charge is -2.15. The fourth-order valence-electron chi connectivity index (χ4n) is 2.76. The Kier molecular flexibility index (Phi) is 9.88. The molecule has 0 amide bonds. The zero-order chi connectivity index (χ0) is 23.5. The van der Waals surface area contributed by atoms with E-state index in [1.807, 2.05) is 61.5 Å². The first-order valence-corrected chi connectivity index (χ1v) is 11.4. The lowest BCUT2D eigenvalue weighted by atomic mass is 10.1. The molecule has 0 aliphatic carbocycles. The second-order valence-electron chi connectivity index (χ2n) is 6.46. The van der Waals surface area contributed by atoms with E-state index in [4.69, 9.17) is 25.8 Å². The summed E-state index contributed by atoms with van der Waals surface area (Å²) < 4.78 is 5.30. The maximum Gasteiger partial charge on any atom is 0.373 e. The third-order valence-electron chi connectivity index (χ3n) is 4.25. The molecule has 0 aliphatic rings. The summed E-state index contributed by atoms with van der Waals surface area (Å²) >= 11 is 3.20. The highest BCUT2D eigenvalue weighted by molar-refractivity contribution is 8.00. The molecule has 8 heteroatoms. The smallest absolute Gasteiger partial charge is 0.373 e. The van der Waals surface area contributed by atoms with Crippen LogP contribution in [0.4, 0.5) is 11.4 Å². The number of rotatable bonds is 7. The second kappa shape index (κ2) is 12.6. The van der Waals surface area contributed by atoms with Crippen molar-refractivity contribution in [3.05, 3.63) is 71.8 Å². The lowest BCUT2D eigenvalue weighted by molar-refractivity contribution is -0.191. The van der Waals surface area contributed by atoms with Gasteiger partial charge in [0.25, 0.3) is 0 Å². The van der Waals surface area contributed by atoms with Gasteiger partial charge in [0.1, 0.15) is 0 Å². The Morgan fingerprint density at radius 2 is 1.31 bits per heavy atom. The number of carbonyl (C=O) groups excluding carboxylic acids is 3. The Morgan fingerprint density at radius 1 is 0.844 bits per heavy atom. The Hall–Kier alpha value is -3.19. The Morgan fingerprint density at radius 3 is 1.75 bits per heavy atom. The van der Waals surface area contributed by atoms with Crippen molar-refractivity contribution in [3.8, 4) is 0 Å². The first-order valence-electron chi connectivity index (χ1n) is 9.81. The summed E-state index contributed by atoms with van der Waals surface area (Å²) in [4.78, 5) is 32.9. The molecule has 0 fully saturated rings. The van der Waals surface area contributed by atoms with Gasteiger partial charge in [0.2, 0.25) is 0 Å². The number of hydrogen-bond acceptors (Lipinski definition) is 8. The van der Waals surface area contributed by atoms with Gasteiger partial charge in [-0.1, -0.05) is 30.4 Å². The summed E-state index contributed by atoms with van der Waals surface area (Å²) in [6, 6.07) is 19.5. The number of esters is 1. The van der Waals surface area contributed by atoms with Gasteiger partial charge >= 0.3 is 12.1 Å². The van der Waals surface area contributed by atoms with Crippen molar-refractivity contribution >= 4 is 47.0 Å². The first-order chi connectivity index (χ1) is 15.4. The molecule has 3 rings (SSSR count). The number of anilines is 2. The van der Waals surface area contributed by atoms with Crippen molar-refractivity contribution in [1.82, 2.24) is 0 Å². The molecule has 32 heavy (non-hydrogen) atoms. The second-order valence-corrected chi connectivity index (χ2v) is 8.69. The summed E-state index contributed by atoms with van der Waals surface area (Å²) in [6.07, 6.45) is 1.07. The number of benzene rings is 3. The van der Waals surface area contributed by atoms with Crippen molar-refractivity contribution in [3.63, 3.8) is 0 Å². The topological polar surface area (TPSA) is 112 Å². The van der Waals surface area contributed by atoms with Crippen molar-refractivity contribution < 1.29 is 19.1 Å². The predicted octanol–water partition coefficient (Wildman–Crippen LogP) is 5.31. The van der Waals surface area contributed by atoms with Crippen LogP contribution in [0.25, 0.3) is 0 Å². The van der Waals surface area contributed by atoms with Crippen LogP contribution in [0, 0.1) is 0 Å². The van der Waals surface area contributed by atoms with Gasteiger partial charge in [0, 0.05) is 31.0 Å². The average Bonchev–Trinajstić information content (AvgIpc) is 2.78. The zero-order valence-electron chi connectivity index (χ0n) is 17.8. The van der Waals surface area contributed by atoms with E-state index >= 15 is 0 Å². The van der Waals surface area contributed by atoms with Crippen LogP contribution in [0.5, 0.6) is 0 Å². The Labute approximate surface area is 195 Å². The van der Waals surface area contributed by atoms with Gasteiger partial charge in [-0.15, -0.1) is 0 Å². The molecule has 4 N–H and O–H groups in total. The van der Waals surface area contributed by atoms with Gasteiger partial charge < -0.3 is 16.2 Å². The molecule has 0 bridgehead atoms. The van der Waals surface area contributed by atoms with E-state index in [1.165, 1.54) is 11.8 Å². The summed E-state index contributed by atoms with van der Waals surface area (Å²) in [5, 5.41) is 0. The van der Waals surface area contributed by atoms with E-state index in [1.54, 1.807) is 11.8 Å². The van der Waals surface area contributed by atoms with Crippen LogP contribution in [0.15, 0.2) is 80.2 Å². The van der Waals surface area contributed by atoms with Crippen LogP contribution in [0.1, 0.15) is 29.8 Å². The van der Waals surface area contributed by atoms with Crippen molar-refractivity contribution in [2.24, 2.45) is 0 Å². The van der Waals surface area contributed by atoms with E-state index in [2.05, 4.69) is 13.0 Å². The van der Waals surface area contributed by atoms with Crippen LogP contribution < -0.4 is 11.5 Å². The van der Waals surface area contributed by atoms with Crippen molar-refractivity contribution in [1.29, 1.82) is 0 Å². The summed E-state index contributed by atoms with van der Waals surface area (Å²) in [6.45, 7) is 4.25. The molecular weight excluding hydrogens is 444 g/mol. The number of hydrogen-bond donors (Lipinski definition) is 2. The molecule has 0 atom stereocenters. The van der Waals surface area contributed by atoms with E-state index < -0.39 is 0 Å². The average molecular weight is 469 g/mol. The quantitative estimate of drug-likeness (QED) is 0.354. The molecule has 0 unspecified atom stereocenters. The number of nitrogen functional groups attached to an aromatic ring is 2. The molecule has 0 aliphatic heterocycles. The van der Waals surface area contributed by atoms with Gasteiger partial charge in [-0.2, -0.15) is 9.59 Å². The summed E-state index contributed by atoms with van der Waals surface area (Å²) in [5.74, 6) is -0.302. The number of ether oxygens (including phenoxy) is 1. The minimum Gasteiger partial charge on any atom is -0.462 e. The fourth-order valence-corrected chi connectivity index (χ4v) is 4.82. The normalized spacial score (nSPS) is 9.94. The van der Waals surface area contributed by atoms with Crippen LogP contribution >= 0.6 is 23.5 Å². The minimum absolute atomic E-state index is 0.250. The SMILES string of the molecule is CCOC(=O)c1cc(CC)c(Sc2ccc(N)cc2)cc1Sc1ccc(N)cc1.O=C=O. The standard InChI is InChI=1S/C23H24N2O2S2.CO2/c1-3-15-13-20(23(26)27-4-2)22(29-19-11-7-17(25)8-12-19)14-21(15)28-18-9-5-16(24)6-10-18;2-1-3/h5-14H,3-4,24-25H2,1-2H3;. The molecule has 0 heterocycles. The van der Waals surface area contributed by atoms with E-state index in [9.17, 15) is 4.79 Å². The number of carbonyl (C=O) groups is 1. The number of nitrogens with two attached hydrogens (primary N) is 2. The fraction of sp³-hybridized carbons (Fsp3) is 0.167. The maximum absolute atomic E-state index is 12.6. The maximum atomic E-state index is 12.6. The molecule has 0 saturated heterocycles. The lowest BCUT2D eigenvalue weighted by Crippen LogP contribution is -2.07. The molecule has 0 saturated carbocycles. The molecule has 3 aromatic carbocycles. The van der Waals surface area contributed by atoms with Gasteiger partial charge in [0.15, 0.2) is 0 Å². The molecule has 6 nitrogen and oxygen atoms in total. The van der Waals surface area contributed by atoms with E-state index in [0.717, 1.165) is 37.3 Å².